The van der Waals surface area contributed by atoms with Crippen LogP contribution in [0.3, 0.4) is 0 Å². The summed E-state index contributed by atoms with van der Waals surface area (Å²) < 4.78 is 0. The number of hydrogen-bond acceptors (Lipinski definition) is 0. The van der Waals surface area contributed by atoms with Gasteiger partial charge in [0.1, 0.15) is 0 Å². The Morgan fingerprint density at radius 2 is 0.382 bits per heavy atom. The fraction of sp³-hybridized carbons (Fsp3) is 0.227. The van der Waals surface area contributed by atoms with Gasteiger partial charge in [-0.1, -0.05) is 236 Å². The lowest BCUT2D eigenvalue weighted by Crippen LogP contribution is -2.69. The number of hydrogen-bond donors (Lipinski definition) is 0. The van der Waals surface area contributed by atoms with Gasteiger partial charge in [0, 0.05) is 0 Å². The smallest absolute Gasteiger partial charge is 0.0636 e. The largest absolute Gasteiger partial charge is 0.176 e. The Morgan fingerprint density at radius 3 is 0.539 bits per heavy atom. The van der Waals surface area contributed by atoms with E-state index in [0.717, 1.165) is 0 Å². The molecule has 76 heavy (non-hydrogen) atoms. The van der Waals surface area contributed by atoms with Crippen LogP contribution >= 0.6 is 0 Å². The maximum absolute atomic E-state index is 3.51. The third kappa shape index (κ3) is 10.1. The molecule has 1 aliphatic rings. The SMILES string of the molecule is CC1=C(C)C(C)C([Si](c2cc(-c3cc(C)cc(C)c3)cc(-c3cc(C)cc(C)c3)c2)(c2cc(-c3cc(C)cc(C)c3)cc(-c3cc(C)cc(C)c3)c2)c2cc(-c3cc(C)cc(C)c3)cc(-c3cc(C)cc(C)c3)c2)=C1C. The Balaban J connectivity index is 1.49. The lowest BCUT2D eigenvalue weighted by Gasteiger charge is -2.40. The number of benzene rings is 9. The molecule has 10 rings (SSSR count). The molecule has 0 amide bonds. The summed E-state index contributed by atoms with van der Waals surface area (Å²) in [5.41, 5.74) is 34.6. The number of rotatable bonds is 10. The van der Waals surface area contributed by atoms with Gasteiger partial charge in [-0.15, -0.1) is 0 Å². The van der Waals surface area contributed by atoms with Crippen molar-refractivity contribution in [1.29, 1.82) is 0 Å². The van der Waals surface area contributed by atoms with E-state index in [0.29, 0.717) is 0 Å². The summed E-state index contributed by atoms with van der Waals surface area (Å²) >= 11 is 0. The van der Waals surface area contributed by atoms with Gasteiger partial charge in [-0.25, -0.2) is 0 Å². The minimum Gasteiger partial charge on any atom is -0.0636 e. The molecular weight excluding hydrogens is 929 g/mol. The van der Waals surface area contributed by atoms with Gasteiger partial charge in [0.2, 0.25) is 0 Å². The molecule has 9 aromatic rings. The molecule has 0 bridgehead atoms. The Hall–Kier alpha value is -7.32. The molecule has 380 valence electrons. The summed E-state index contributed by atoms with van der Waals surface area (Å²) in [6.07, 6.45) is 0. The van der Waals surface area contributed by atoms with Crippen LogP contribution in [0.4, 0.5) is 0 Å². The maximum Gasteiger partial charge on any atom is 0.176 e. The first-order valence-corrected chi connectivity index (χ1v) is 29.5. The van der Waals surface area contributed by atoms with Crippen LogP contribution in [0.5, 0.6) is 0 Å². The van der Waals surface area contributed by atoms with E-state index in [-0.39, 0.29) is 5.92 Å². The van der Waals surface area contributed by atoms with Gasteiger partial charge in [0.05, 0.1) is 0 Å². The van der Waals surface area contributed by atoms with Crippen LogP contribution in [-0.2, 0) is 0 Å². The van der Waals surface area contributed by atoms with E-state index in [9.17, 15) is 0 Å². The summed E-state index contributed by atoms with van der Waals surface area (Å²) in [6.45, 7) is 36.7. The zero-order chi connectivity index (χ0) is 54.1. The molecule has 1 aliphatic carbocycles. The molecule has 9 aromatic carbocycles. The lowest BCUT2D eigenvalue weighted by molar-refractivity contribution is 0.851. The van der Waals surface area contributed by atoms with Crippen molar-refractivity contribution < 1.29 is 0 Å². The normalized spacial score (nSPS) is 13.8. The predicted molar refractivity (Wildman–Crippen MR) is 334 cm³/mol. The van der Waals surface area contributed by atoms with Gasteiger partial charge in [0.25, 0.3) is 0 Å². The second-order valence-electron chi connectivity index (χ2n) is 23.5. The molecule has 1 unspecified atom stereocenters. The Kier molecular flexibility index (Phi) is 13.9. The highest BCUT2D eigenvalue weighted by Gasteiger charge is 2.49. The average molecular weight is 1010 g/mol. The Labute approximate surface area is 457 Å². The lowest BCUT2D eigenvalue weighted by atomic mass is 9.95. The first kappa shape index (κ1) is 52.1. The van der Waals surface area contributed by atoms with Crippen LogP contribution < -0.4 is 15.6 Å². The number of allylic oxidation sites excluding steroid dienone is 4. The van der Waals surface area contributed by atoms with Crippen molar-refractivity contribution >= 4 is 23.6 Å². The summed E-state index contributed by atoms with van der Waals surface area (Å²) in [7, 11) is -3.51. The van der Waals surface area contributed by atoms with Gasteiger partial charge in [-0.2, -0.15) is 0 Å². The van der Waals surface area contributed by atoms with Crippen molar-refractivity contribution in [2.75, 3.05) is 0 Å². The first-order chi connectivity index (χ1) is 36.1. The van der Waals surface area contributed by atoms with Gasteiger partial charge in [0.15, 0.2) is 8.07 Å². The molecule has 1 heteroatoms. The van der Waals surface area contributed by atoms with Crippen molar-refractivity contribution in [3.8, 4) is 66.8 Å². The quantitative estimate of drug-likeness (QED) is 0.0946. The second kappa shape index (κ2) is 20.3. The zero-order valence-electron chi connectivity index (χ0n) is 48.2. The molecule has 0 radical (unpaired) electrons. The summed E-state index contributed by atoms with van der Waals surface area (Å²) in [4.78, 5) is 0. The maximum atomic E-state index is 2.64. The third-order valence-corrected chi connectivity index (χ3v) is 21.6. The van der Waals surface area contributed by atoms with Gasteiger partial charge < -0.3 is 0 Å². The highest BCUT2D eigenvalue weighted by molar-refractivity contribution is 7.16. The van der Waals surface area contributed by atoms with Crippen LogP contribution in [0.15, 0.2) is 186 Å². The molecule has 0 saturated heterocycles. The van der Waals surface area contributed by atoms with E-state index < -0.39 is 8.07 Å². The first-order valence-electron chi connectivity index (χ1n) is 27.5. The fourth-order valence-corrected chi connectivity index (χ4v) is 19.1. The molecule has 0 fully saturated rings. The standard InChI is InChI=1S/C75H76Si/c1-44-17-45(2)24-60(23-44)66-35-67(61-25-46(3)18-47(4)26-61)39-72(38-66)76(75-58(15)56(13)57(14)59(75)16,73-40-68(62-27-48(5)19-49(6)28-62)36-69(41-73)63-29-50(7)20-51(8)30-63)74-42-70(64-31-52(9)21-53(10)32-64)37-71(43-74)65-33-54(11)22-55(12)34-65/h17-43,58H,1-16H3. The van der Waals surface area contributed by atoms with Crippen LogP contribution in [0.2, 0.25) is 0 Å². The summed E-state index contributed by atoms with van der Waals surface area (Å²) in [5.74, 6) is 0.185. The van der Waals surface area contributed by atoms with Crippen molar-refractivity contribution in [3.05, 3.63) is 252 Å². The van der Waals surface area contributed by atoms with Crippen molar-refractivity contribution in [2.45, 2.75) is 111 Å². The molecule has 0 nitrogen and oxygen atoms in total. The van der Waals surface area contributed by atoms with Crippen LogP contribution in [0.25, 0.3) is 66.8 Å². The zero-order valence-corrected chi connectivity index (χ0v) is 49.2. The van der Waals surface area contributed by atoms with E-state index in [1.807, 2.05) is 0 Å². The summed E-state index contributed by atoms with van der Waals surface area (Å²) in [6, 6.07) is 66.0. The molecule has 0 aliphatic heterocycles. The van der Waals surface area contributed by atoms with E-state index in [4.69, 9.17) is 0 Å². The topological polar surface area (TPSA) is 0 Å². The third-order valence-electron chi connectivity index (χ3n) is 16.5. The van der Waals surface area contributed by atoms with Crippen molar-refractivity contribution in [3.63, 3.8) is 0 Å². The molecule has 0 heterocycles. The monoisotopic (exact) mass is 1000 g/mol. The highest BCUT2D eigenvalue weighted by Crippen LogP contribution is 2.44. The minimum absolute atomic E-state index is 0.185. The van der Waals surface area contributed by atoms with Crippen molar-refractivity contribution in [2.24, 2.45) is 5.92 Å². The van der Waals surface area contributed by atoms with E-state index in [1.54, 1.807) is 5.20 Å². The second-order valence-corrected chi connectivity index (χ2v) is 27.2. The Bertz CT molecular complexity index is 3190. The van der Waals surface area contributed by atoms with Gasteiger partial charge in [-0.3, -0.25) is 0 Å². The highest BCUT2D eigenvalue weighted by atomic mass is 28.3. The average Bonchev–Trinajstić information content (AvgIpc) is 3.53. The van der Waals surface area contributed by atoms with E-state index in [1.165, 1.54) is 166 Å². The molecule has 0 N–H and O–H groups in total. The molecule has 1 atom stereocenters. The van der Waals surface area contributed by atoms with Crippen molar-refractivity contribution in [1.82, 2.24) is 0 Å². The molecular formula is C75H76Si. The molecule has 0 saturated carbocycles. The van der Waals surface area contributed by atoms with Crippen LogP contribution in [-0.4, -0.2) is 8.07 Å². The van der Waals surface area contributed by atoms with Crippen LogP contribution in [0.1, 0.15) is 94.5 Å². The minimum atomic E-state index is -3.51. The van der Waals surface area contributed by atoms with Gasteiger partial charge in [-0.05, 0) is 216 Å². The fourth-order valence-electron chi connectivity index (χ4n) is 13.3. The predicted octanol–water partition coefficient (Wildman–Crippen LogP) is 18.7. The van der Waals surface area contributed by atoms with Crippen LogP contribution in [0, 0.1) is 89.0 Å². The summed E-state index contributed by atoms with van der Waals surface area (Å²) in [5, 5.41) is 5.76. The molecule has 0 spiro atoms. The molecule has 0 aromatic heterocycles. The Morgan fingerprint density at radius 1 is 0.211 bits per heavy atom. The van der Waals surface area contributed by atoms with E-state index in [2.05, 4.69) is 275 Å². The van der Waals surface area contributed by atoms with Gasteiger partial charge >= 0.3 is 0 Å². The number of aryl methyl sites for hydroxylation is 12. The van der Waals surface area contributed by atoms with E-state index >= 15 is 0 Å².